The fourth-order valence-corrected chi connectivity index (χ4v) is 4.14. The molecular formula is C28H21F2N5O3. The molecule has 0 radical (unpaired) electrons. The van der Waals surface area contributed by atoms with E-state index in [1.54, 1.807) is 25.3 Å². The molecule has 3 aromatic heterocycles. The van der Waals surface area contributed by atoms with E-state index in [1.165, 1.54) is 54.9 Å². The lowest BCUT2D eigenvalue weighted by molar-refractivity contribution is 0.0994. The Balaban J connectivity index is 1.47. The summed E-state index contributed by atoms with van der Waals surface area (Å²) in [6.07, 6.45) is 4.84. The zero-order valence-electron chi connectivity index (χ0n) is 20.1. The summed E-state index contributed by atoms with van der Waals surface area (Å²) in [6, 6.07) is 13.0. The van der Waals surface area contributed by atoms with Gasteiger partial charge in [-0.25, -0.2) is 13.8 Å². The molecule has 10 heteroatoms. The number of nitrogens with zero attached hydrogens (tertiary/aromatic N) is 2. The highest BCUT2D eigenvalue weighted by Crippen LogP contribution is 2.32. The molecule has 5 rings (SSSR count). The molecule has 0 aliphatic heterocycles. The number of nitrogens with one attached hydrogen (secondary N) is 2. The first kappa shape index (κ1) is 24.6. The number of carbonyl (C=O) groups excluding carboxylic acids is 1. The van der Waals surface area contributed by atoms with Gasteiger partial charge in [0.2, 0.25) is 5.43 Å². The minimum absolute atomic E-state index is 0.0657. The van der Waals surface area contributed by atoms with Gasteiger partial charge in [0.1, 0.15) is 23.1 Å². The van der Waals surface area contributed by atoms with Crippen LogP contribution >= 0.6 is 0 Å². The van der Waals surface area contributed by atoms with Gasteiger partial charge >= 0.3 is 0 Å². The van der Waals surface area contributed by atoms with E-state index in [0.29, 0.717) is 34.3 Å². The first-order chi connectivity index (χ1) is 18.4. The van der Waals surface area contributed by atoms with Gasteiger partial charge in [-0.3, -0.25) is 14.6 Å². The van der Waals surface area contributed by atoms with Crippen LogP contribution in [-0.2, 0) is 6.42 Å². The zero-order valence-corrected chi connectivity index (χ0v) is 20.1. The molecule has 0 fully saturated rings. The number of hydrogen-bond acceptors (Lipinski definition) is 6. The number of benzene rings is 2. The van der Waals surface area contributed by atoms with Crippen LogP contribution < -0.4 is 21.2 Å². The maximum atomic E-state index is 15.1. The van der Waals surface area contributed by atoms with Crippen LogP contribution in [-0.4, -0.2) is 20.9 Å². The Labute approximate surface area is 215 Å². The number of fused-ring (bicyclic) bond motifs is 1. The predicted molar refractivity (Wildman–Crippen MR) is 140 cm³/mol. The topological polar surface area (TPSA) is 123 Å². The van der Waals surface area contributed by atoms with Crippen LogP contribution in [0.5, 0.6) is 11.5 Å². The van der Waals surface area contributed by atoms with Crippen LogP contribution in [0, 0.1) is 11.6 Å². The molecule has 4 N–H and O–H groups in total. The molecule has 0 aliphatic rings. The SMILES string of the molecule is CCc1c(Oc2ccc(Nc3nccc4[nH]cc(-c5ccc(F)cc5)c(=O)c34)cc2F)ccnc1C(N)=O. The van der Waals surface area contributed by atoms with Crippen molar-refractivity contribution in [1.82, 2.24) is 15.0 Å². The summed E-state index contributed by atoms with van der Waals surface area (Å²) in [5.41, 5.74) is 7.32. The number of aromatic nitrogens is 3. The summed E-state index contributed by atoms with van der Waals surface area (Å²) in [5.74, 6) is -1.38. The molecule has 0 spiro atoms. The molecule has 0 aliphatic carbocycles. The highest BCUT2D eigenvalue weighted by molar-refractivity contribution is 5.94. The Hall–Kier alpha value is -5.12. The average molecular weight is 514 g/mol. The number of nitrogens with two attached hydrogens (primary N) is 1. The van der Waals surface area contributed by atoms with Crippen LogP contribution in [0.3, 0.4) is 0 Å². The van der Waals surface area contributed by atoms with E-state index in [-0.39, 0.29) is 33.8 Å². The average Bonchev–Trinajstić information content (AvgIpc) is 2.91. The molecule has 1 amide bonds. The number of hydrogen-bond donors (Lipinski definition) is 3. The summed E-state index contributed by atoms with van der Waals surface area (Å²) in [4.78, 5) is 36.4. The Bertz CT molecular complexity index is 1740. The Morgan fingerprint density at radius 1 is 1.03 bits per heavy atom. The van der Waals surface area contributed by atoms with Crippen LogP contribution in [0.2, 0.25) is 0 Å². The molecule has 2 aromatic carbocycles. The number of H-pyrrole nitrogens is 1. The normalized spacial score (nSPS) is 10.9. The molecule has 0 saturated heterocycles. The van der Waals surface area contributed by atoms with E-state index in [2.05, 4.69) is 20.3 Å². The number of halogens is 2. The van der Waals surface area contributed by atoms with E-state index in [4.69, 9.17) is 10.5 Å². The Morgan fingerprint density at radius 2 is 1.79 bits per heavy atom. The van der Waals surface area contributed by atoms with E-state index in [0.717, 1.165) is 0 Å². The Morgan fingerprint density at radius 3 is 2.50 bits per heavy atom. The van der Waals surface area contributed by atoms with Gasteiger partial charge < -0.3 is 20.8 Å². The van der Waals surface area contributed by atoms with Gasteiger partial charge in [0, 0.05) is 41.5 Å². The molecule has 38 heavy (non-hydrogen) atoms. The minimum atomic E-state index is -0.701. The third-order valence-corrected chi connectivity index (χ3v) is 5.96. The van der Waals surface area contributed by atoms with Crippen molar-refractivity contribution in [3.63, 3.8) is 0 Å². The number of primary amides is 1. The number of pyridine rings is 3. The second-order valence-corrected chi connectivity index (χ2v) is 8.35. The summed E-state index contributed by atoms with van der Waals surface area (Å²) >= 11 is 0. The van der Waals surface area contributed by atoms with Gasteiger partial charge in [-0.15, -0.1) is 0 Å². The molecule has 8 nitrogen and oxygen atoms in total. The van der Waals surface area contributed by atoms with Gasteiger partial charge in [-0.2, -0.15) is 0 Å². The summed E-state index contributed by atoms with van der Waals surface area (Å²) in [7, 11) is 0. The van der Waals surface area contributed by atoms with Crippen molar-refractivity contribution in [2.45, 2.75) is 13.3 Å². The first-order valence-electron chi connectivity index (χ1n) is 11.6. The number of rotatable bonds is 7. The van der Waals surface area contributed by atoms with E-state index in [9.17, 15) is 14.0 Å². The number of carbonyl (C=O) groups is 1. The predicted octanol–water partition coefficient (Wildman–Crippen LogP) is 5.46. The third-order valence-electron chi connectivity index (χ3n) is 5.96. The Kier molecular flexibility index (Phi) is 6.53. The van der Waals surface area contributed by atoms with E-state index in [1.807, 2.05) is 0 Å². The zero-order chi connectivity index (χ0) is 26.8. The molecule has 3 heterocycles. The van der Waals surface area contributed by atoms with E-state index < -0.39 is 17.5 Å². The van der Waals surface area contributed by atoms with Crippen molar-refractivity contribution in [3.8, 4) is 22.6 Å². The summed E-state index contributed by atoms with van der Waals surface area (Å²) < 4.78 is 34.2. The molecule has 0 bridgehead atoms. The van der Waals surface area contributed by atoms with Gasteiger partial charge in [-0.05, 0) is 48.4 Å². The number of anilines is 2. The van der Waals surface area contributed by atoms with E-state index >= 15 is 4.39 Å². The number of aromatic amines is 1. The van der Waals surface area contributed by atoms with Gasteiger partial charge in [0.15, 0.2) is 11.6 Å². The second kappa shape index (κ2) is 10.1. The van der Waals surface area contributed by atoms with Crippen molar-refractivity contribution < 1.29 is 18.3 Å². The monoisotopic (exact) mass is 513 g/mol. The number of ether oxygens (including phenoxy) is 1. The largest absolute Gasteiger partial charge is 0.454 e. The number of amides is 1. The maximum absolute atomic E-state index is 15.1. The standard InChI is InChI=1S/C28H21F2N5O3/c1-2-18-22(10-12-32-25(18)27(31)37)38-23-8-7-17(13-20(23)30)35-28-24-21(9-11-33-28)34-14-19(26(24)36)15-3-5-16(29)6-4-15/h3-14H,2H2,1H3,(H2,31,37)(H,33,35)(H,34,36). The molecule has 0 atom stereocenters. The maximum Gasteiger partial charge on any atom is 0.267 e. The van der Waals surface area contributed by atoms with Crippen molar-refractivity contribution >= 4 is 28.3 Å². The van der Waals surface area contributed by atoms with Crippen molar-refractivity contribution in [2.24, 2.45) is 5.73 Å². The fraction of sp³-hybridized carbons (Fsp3) is 0.0714. The van der Waals surface area contributed by atoms with Crippen molar-refractivity contribution in [2.75, 3.05) is 5.32 Å². The van der Waals surface area contributed by atoms with Crippen LogP contribution in [0.15, 0.2) is 78.0 Å². The van der Waals surface area contributed by atoms with Crippen molar-refractivity contribution in [1.29, 1.82) is 0 Å². The quantitative estimate of drug-likeness (QED) is 0.266. The highest BCUT2D eigenvalue weighted by Gasteiger charge is 2.17. The lowest BCUT2D eigenvalue weighted by Crippen LogP contribution is -2.16. The lowest BCUT2D eigenvalue weighted by Gasteiger charge is -2.14. The van der Waals surface area contributed by atoms with Gasteiger partial charge in [-0.1, -0.05) is 19.1 Å². The molecule has 190 valence electrons. The fourth-order valence-electron chi connectivity index (χ4n) is 4.14. The van der Waals surface area contributed by atoms with Crippen LogP contribution in [0.1, 0.15) is 23.0 Å². The first-order valence-corrected chi connectivity index (χ1v) is 11.6. The smallest absolute Gasteiger partial charge is 0.267 e. The second-order valence-electron chi connectivity index (χ2n) is 8.35. The molecular weight excluding hydrogens is 492 g/mol. The van der Waals surface area contributed by atoms with Crippen molar-refractivity contribution in [3.05, 3.63) is 106 Å². The van der Waals surface area contributed by atoms with Crippen LogP contribution in [0.4, 0.5) is 20.3 Å². The van der Waals surface area contributed by atoms with Gasteiger partial charge in [0.25, 0.3) is 5.91 Å². The molecule has 0 unspecified atom stereocenters. The lowest BCUT2D eigenvalue weighted by atomic mass is 10.0. The summed E-state index contributed by atoms with van der Waals surface area (Å²) in [6.45, 7) is 1.81. The van der Waals surface area contributed by atoms with Gasteiger partial charge in [0.05, 0.1) is 10.9 Å². The highest BCUT2D eigenvalue weighted by atomic mass is 19.1. The van der Waals surface area contributed by atoms with Crippen LogP contribution in [0.25, 0.3) is 22.0 Å². The molecule has 5 aromatic rings. The minimum Gasteiger partial charge on any atom is -0.454 e. The summed E-state index contributed by atoms with van der Waals surface area (Å²) in [5, 5.41) is 3.26. The third kappa shape index (κ3) is 4.66. The molecule has 0 saturated carbocycles.